The van der Waals surface area contributed by atoms with Crippen LogP contribution in [0.3, 0.4) is 0 Å². The Balaban J connectivity index is 0.000000298. The van der Waals surface area contributed by atoms with Gasteiger partial charge in [0, 0.05) is 17.8 Å². The van der Waals surface area contributed by atoms with Gasteiger partial charge in [0.15, 0.2) is 0 Å². The third kappa shape index (κ3) is 4.42. The zero-order chi connectivity index (χ0) is 21.2. The van der Waals surface area contributed by atoms with Crippen LogP contribution in [0.15, 0.2) is 29.0 Å². The minimum Gasteiger partial charge on any atom is -0.475 e. The van der Waals surface area contributed by atoms with Gasteiger partial charge in [-0.05, 0) is 49.9 Å². The maximum absolute atomic E-state index is 12.7. The van der Waals surface area contributed by atoms with Gasteiger partial charge in [0.2, 0.25) is 5.91 Å². The van der Waals surface area contributed by atoms with E-state index in [-0.39, 0.29) is 11.9 Å². The number of benzene rings is 1. The van der Waals surface area contributed by atoms with Gasteiger partial charge in [0.05, 0.1) is 11.7 Å². The Kier molecular flexibility index (Phi) is 5.92. The number of aryl methyl sites for hydroxylation is 1. The monoisotopic (exact) mass is 411 g/mol. The van der Waals surface area contributed by atoms with Gasteiger partial charge in [-0.15, -0.1) is 0 Å². The van der Waals surface area contributed by atoms with Gasteiger partial charge >= 0.3 is 12.1 Å². The van der Waals surface area contributed by atoms with Crippen molar-refractivity contribution in [3.8, 4) is 11.1 Å². The van der Waals surface area contributed by atoms with Crippen molar-refractivity contribution in [1.29, 1.82) is 0 Å². The molecular weight excluding hydrogens is 391 g/mol. The molecule has 0 radical (unpaired) electrons. The third-order valence-electron chi connectivity index (χ3n) is 4.93. The van der Waals surface area contributed by atoms with Crippen LogP contribution in [0.25, 0.3) is 11.1 Å². The van der Waals surface area contributed by atoms with Gasteiger partial charge in [-0.3, -0.25) is 4.79 Å². The highest BCUT2D eigenvalue weighted by atomic mass is 19.4. The maximum atomic E-state index is 12.7. The fourth-order valence-electron chi connectivity index (χ4n) is 3.55. The summed E-state index contributed by atoms with van der Waals surface area (Å²) in [6.45, 7) is 3.64. The number of fused-ring (bicyclic) bond motifs is 1. The van der Waals surface area contributed by atoms with E-state index >= 15 is 0 Å². The van der Waals surface area contributed by atoms with Crippen LogP contribution in [0, 0.1) is 6.92 Å². The number of carbonyl (C=O) groups is 2. The Morgan fingerprint density at radius 2 is 2.03 bits per heavy atom. The lowest BCUT2D eigenvalue weighted by atomic mass is 9.98. The first-order valence-corrected chi connectivity index (χ1v) is 9.08. The number of aromatic nitrogens is 1. The SMILES string of the molecule is Cc1nocc1-c1cccc2c1CCN2C(=O)[C@@H]1CCCN1.O=C(O)C(F)(F)F. The average Bonchev–Trinajstić information content (AvgIpc) is 3.41. The van der Waals surface area contributed by atoms with E-state index in [1.54, 1.807) is 6.26 Å². The van der Waals surface area contributed by atoms with Crippen LogP contribution in [0.5, 0.6) is 0 Å². The summed E-state index contributed by atoms with van der Waals surface area (Å²) in [6.07, 6.45) is -0.491. The van der Waals surface area contributed by atoms with Crippen LogP contribution < -0.4 is 10.2 Å². The van der Waals surface area contributed by atoms with Crippen LogP contribution in [0.4, 0.5) is 18.9 Å². The van der Waals surface area contributed by atoms with E-state index in [2.05, 4.69) is 16.5 Å². The lowest BCUT2D eigenvalue weighted by Crippen LogP contribution is -2.42. The van der Waals surface area contributed by atoms with Crippen molar-refractivity contribution in [2.45, 2.75) is 38.4 Å². The highest BCUT2D eigenvalue weighted by Crippen LogP contribution is 2.37. The molecule has 0 bridgehead atoms. The van der Waals surface area contributed by atoms with E-state index < -0.39 is 12.1 Å². The summed E-state index contributed by atoms with van der Waals surface area (Å²) in [7, 11) is 0. The number of nitrogens with zero attached hydrogens (tertiary/aromatic N) is 2. The first-order valence-electron chi connectivity index (χ1n) is 9.08. The van der Waals surface area contributed by atoms with Crippen molar-refractivity contribution in [2.24, 2.45) is 0 Å². The fourth-order valence-corrected chi connectivity index (χ4v) is 3.55. The Labute approximate surface area is 164 Å². The summed E-state index contributed by atoms with van der Waals surface area (Å²) in [5.41, 5.74) is 5.30. The van der Waals surface area contributed by atoms with Crippen molar-refractivity contribution in [1.82, 2.24) is 10.5 Å². The topological polar surface area (TPSA) is 95.7 Å². The molecule has 7 nitrogen and oxygen atoms in total. The van der Waals surface area contributed by atoms with Crippen molar-refractivity contribution >= 4 is 17.6 Å². The predicted octanol–water partition coefficient (Wildman–Crippen LogP) is 2.92. The molecule has 1 aromatic carbocycles. The third-order valence-corrected chi connectivity index (χ3v) is 4.93. The van der Waals surface area contributed by atoms with Crippen molar-refractivity contribution in [3.05, 3.63) is 35.7 Å². The molecule has 1 aromatic heterocycles. The first kappa shape index (κ1) is 20.8. The lowest BCUT2D eigenvalue weighted by molar-refractivity contribution is -0.192. The van der Waals surface area contributed by atoms with E-state index in [1.165, 1.54) is 5.56 Å². The Morgan fingerprint density at radius 3 is 2.59 bits per heavy atom. The van der Waals surface area contributed by atoms with Crippen LogP contribution >= 0.6 is 0 Å². The number of carboxylic acid groups (broad SMARTS) is 1. The summed E-state index contributed by atoms with van der Waals surface area (Å²) in [5.74, 6) is -2.55. The van der Waals surface area contributed by atoms with Crippen molar-refractivity contribution in [3.63, 3.8) is 0 Å². The number of nitrogens with one attached hydrogen (secondary N) is 1. The average molecular weight is 411 g/mol. The second-order valence-electron chi connectivity index (χ2n) is 6.81. The highest BCUT2D eigenvalue weighted by Gasteiger charge is 2.38. The zero-order valence-corrected chi connectivity index (χ0v) is 15.6. The number of aliphatic carboxylic acids is 1. The normalized spacial score (nSPS) is 18.2. The molecule has 0 spiro atoms. The Bertz CT molecular complexity index is 904. The summed E-state index contributed by atoms with van der Waals surface area (Å²) in [6, 6.07) is 6.11. The number of amides is 1. The number of carbonyl (C=O) groups excluding carboxylic acids is 1. The molecule has 1 amide bonds. The van der Waals surface area contributed by atoms with Gasteiger partial charge in [0.1, 0.15) is 6.26 Å². The van der Waals surface area contributed by atoms with Gasteiger partial charge < -0.3 is 19.8 Å². The van der Waals surface area contributed by atoms with Crippen LogP contribution in [-0.4, -0.2) is 47.4 Å². The molecule has 2 aliphatic heterocycles. The van der Waals surface area contributed by atoms with Crippen LogP contribution in [0.1, 0.15) is 24.1 Å². The molecule has 10 heteroatoms. The van der Waals surface area contributed by atoms with E-state index in [9.17, 15) is 18.0 Å². The Morgan fingerprint density at radius 1 is 1.31 bits per heavy atom. The van der Waals surface area contributed by atoms with E-state index in [4.69, 9.17) is 14.4 Å². The lowest BCUT2D eigenvalue weighted by Gasteiger charge is -2.21. The number of rotatable bonds is 2. The van der Waals surface area contributed by atoms with Crippen molar-refractivity contribution in [2.75, 3.05) is 18.0 Å². The smallest absolute Gasteiger partial charge is 0.475 e. The molecule has 29 heavy (non-hydrogen) atoms. The van der Waals surface area contributed by atoms with Gasteiger partial charge in [0.25, 0.3) is 0 Å². The van der Waals surface area contributed by atoms with Crippen LogP contribution in [-0.2, 0) is 16.0 Å². The summed E-state index contributed by atoms with van der Waals surface area (Å²) in [5, 5.41) is 14.4. The van der Waals surface area contributed by atoms with E-state index in [1.807, 2.05) is 24.0 Å². The molecular formula is C19H20F3N3O4. The summed E-state index contributed by atoms with van der Waals surface area (Å²) >= 11 is 0. The number of alkyl halides is 3. The fraction of sp³-hybridized carbons (Fsp3) is 0.421. The molecule has 2 N–H and O–H groups in total. The summed E-state index contributed by atoms with van der Waals surface area (Å²) in [4.78, 5) is 23.5. The molecule has 1 fully saturated rings. The second kappa shape index (κ2) is 8.24. The number of hydrogen-bond acceptors (Lipinski definition) is 5. The molecule has 2 aliphatic rings. The Hall–Kier alpha value is -2.88. The number of anilines is 1. The van der Waals surface area contributed by atoms with Crippen molar-refractivity contribution < 1.29 is 32.4 Å². The molecule has 4 rings (SSSR count). The highest BCUT2D eigenvalue weighted by molar-refractivity contribution is 6.00. The van der Waals surface area contributed by atoms with E-state index in [0.29, 0.717) is 0 Å². The van der Waals surface area contributed by atoms with Gasteiger partial charge in [-0.25, -0.2) is 4.79 Å². The zero-order valence-electron chi connectivity index (χ0n) is 15.6. The largest absolute Gasteiger partial charge is 0.490 e. The minimum absolute atomic E-state index is 0.0214. The van der Waals surface area contributed by atoms with Gasteiger partial charge in [-0.1, -0.05) is 17.3 Å². The second-order valence-corrected chi connectivity index (χ2v) is 6.81. The molecule has 1 atom stereocenters. The van der Waals surface area contributed by atoms with E-state index in [0.717, 1.165) is 54.9 Å². The number of carboxylic acids is 1. The quantitative estimate of drug-likeness (QED) is 0.789. The summed E-state index contributed by atoms with van der Waals surface area (Å²) < 4.78 is 36.8. The molecule has 0 aliphatic carbocycles. The predicted molar refractivity (Wildman–Crippen MR) is 97.4 cm³/mol. The minimum atomic E-state index is -5.08. The molecule has 1 saturated heterocycles. The van der Waals surface area contributed by atoms with Crippen LogP contribution in [0.2, 0.25) is 0 Å². The number of halogens is 3. The molecule has 0 saturated carbocycles. The molecule has 2 aromatic rings. The molecule has 156 valence electrons. The standard InChI is InChI=1S/C17H19N3O2.C2HF3O2/c1-11-14(10-22-19-11)12-4-2-6-16-13(12)7-9-20(16)17(21)15-5-3-8-18-15;3-2(4,5)1(6)7/h2,4,6,10,15,18H,3,5,7-9H2,1H3;(H,6,7)/t15-;/m0./s1. The first-order chi connectivity index (χ1) is 13.7. The molecule has 0 unspecified atom stereocenters. The number of hydrogen-bond donors (Lipinski definition) is 2. The maximum Gasteiger partial charge on any atom is 0.490 e. The van der Waals surface area contributed by atoms with Gasteiger partial charge in [-0.2, -0.15) is 13.2 Å². The molecule has 3 heterocycles.